The minimum Gasteiger partial charge on any atom is -0.483 e. The number of carbonyl (C=O) groups is 1. The van der Waals surface area contributed by atoms with Crippen molar-refractivity contribution in [2.45, 2.75) is 30.7 Å². The van der Waals surface area contributed by atoms with E-state index >= 15 is 0 Å². The molecule has 1 saturated heterocycles. The lowest BCUT2D eigenvalue weighted by molar-refractivity contribution is -0.133. The van der Waals surface area contributed by atoms with Crippen LogP contribution in [-0.4, -0.2) is 58.1 Å². The number of aryl methyl sites for hydroxylation is 1. The number of carbonyl (C=O) groups excluding carboxylic acids is 1. The van der Waals surface area contributed by atoms with Crippen LogP contribution in [0.4, 0.5) is 10.1 Å². The zero-order valence-electron chi connectivity index (χ0n) is 17.4. The van der Waals surface area contributed by atoms with Crippen molar-refractivity contribution >= 4 is 21.6 Å². The van der Waals surface area contributed by atoms with E-state index in [0.29, 0.717) is 43.2 Å². The average Bonchev–Trinajstić information content (AvgIpc) is 3.56. The number of para-hydroxylation sites is 1. The van der Waals surface area contributed by atoms with Gasteiger partial charge in [-0.15, -0.1) is 0 Å². The smallest absolute Gasteiger partial charge is 0.260 e. The van der Waals surface area contributed by atoms with Gasteiger partial charge in [0.05, 0.1) is 10.6 Å². The van der Waals surface area contributed by atoms with E-state index in [-0.39, 0.29) is 29.3 Å². The Morgan fingerprint density at radius 3 is 2.48 bits per heavy atom. The van der Waals surface area contributed by atoms with Crippen molar-refractivity contribution in [2.75, 3.05) is 37.7 Å². The van der Waals surface area contributed by atoms with Crippen LogP contribution in [-0.2, 0) is 14.8 Å². The van der Waals surface area contributed by atoms with Crippen molar-refractivity contribution in [3.05, 3.63) is 53.8 Å². The number of halogens is 1. The highest BCUT2D eigenvalue weighted by atomic mass is 32.2. The lowest BCUT2D eigenvalue weighted by Crippen LogP contribution is -2.50. The van der Waals surface area contributed by atoms with Crippen LogP contribution in [0.15, 0.2) is 47.4 Å². The molecule has 31 heavy (non-hydrogen) atoms. The van der Waals surface area contributed by atoms with E-state index in [1.807, 2.05) is 4.90 Å². The van der Waals surface area contributed by atoms with Gasteiger partial charge in [-0.05, 0) is 55.7 Å². The molecule has 1 heterocycles. The van der Waals surface area contributed by atoms with Crippen LogP contribution < -0.4 is 14.4 Å². The zero-order valence-corrected chi connectivity index (χ0v) is 18.2. The summed E-state index contributed by atoms with van der Waals surface area (Å²) >= 11 is 0. The molecule has 0 aromatic heterocycles. The Kier molecular flexibility index (Phi) is 6.15. The first kappa shape index (κ1) is 21.6. The summed E-state index contributed by atoms with van der Waals surface area (Å²) in [5, 5.41) is 0. The molecule has 0 radical (unpaired) electrons. The van der Waals surface area contributed by atoms with Gasteiger partial charge >= 0.3 is 0 Å². The largest absolute Gasteiger partial charge is 0.483 e. The molecule has 2 fully saturated rings. The van der Waals surface area contributed by atoms with Crippen molar-refractivity contribution in [1.29, 1.82) is 0 Å². The second-order valence-corrected chi connectivity index (χ2v) is 9.64. The molecule has 1 N–H and O–H groups in total. The van der Waals surface area contributed by atoms with E-state index in [1.54, 1.807) is 42.2 Å². The summed E-state index contributed by atoms with van der Waals surface area (Å²) in [6.07, 6.45) is 1.74. The summed E-state index contributed by atoms with van der Waals surface area (Å²) < 4.78 is 46.9. The highest BCUT2D eigenvalue weighted by Crippen LogP contribution is 2.26. The maximum atomic E-state index is 14.0. The Morgan fingerprint density at radius 2 is 1.84 bits per heavy atom. The highest BCUT2D eigenvalue weighted by Gasteiger charge is 2.28. The molecule has 9 heteroatoms. The summed E-state index contributed by atoms with van der Waals surface area (Å²) in [6.45, 7) is 3.69. The topological polar surface area (TPSA) is 78.9 Å². The molecule has 1 amide bonds. The second kappa shape index (κ2) is 8.84. The first-order chi connectivity index (χ1) is 14.8. The number of nitrogens with zero attached hydrogens (tertiary/aromatic N) is 2. The van der Waals surface area contributed by atoms with E-state index in [1.165, 1.54) is 12.1 Å². The molecule has 7 nitrogen and oxygen atoms in total. The first-order valence-corrected chi connectivity index (χ1v) is 11.8. The number of ether oxygens (including phenoxy) is 1. The molecule has 1 aliphatic carbocycles. The number of benzene rings is 2. The van der Waals surface area contributed by atoms with Gasteiger partial charge in [-0.2, -0.15) is 0 Å². The Hall–Kier alpha value is -2.65. The number of sulfonamides is 1. The van der Waals surface area contributed by atoms with Gasteiger partial charge in [0.2, 0.25) is 10.0 Å². The highest BCUT2D eigenvalue weighted by molar-refractivity contribution is 7.89. The second-order valence-electron chi connectivity index (χ2n) is 7.93. The number of nitrogens with one attached hydrogen (secondary N) is 1. The maximum Gasteiger partial charge on any atom is 0.260 e. The van der Waals surface area contributed by atoms with Gasteiger partial charge in [-0.25, -0.2) is 17.5 Å². The molecule has 4 rings (SSSR count). The third kappa shape index (κ3) is 5.16. The van der Waals surface area contributed by atoms with Crippen molar-refractivity contribution < 1.29 is 22.3 Å². The summed E-state index contributed by atoms with van der Waals surface area (Å²) in [7, 11) is -3.53. The van der Waals surface area contributed by atoms with Crippen LogP contribution in [0.3, 0.4) is 0 Å². The van der Waals surface area contributed by atoms with Gasteiger partial charge in [0.15, 0.2) is 6.61 Å². The van der Waals surface area contributed by atoms with Crippen molar-refractivity contribution in [1.82, 2.24) is 9.62 Å². The summed E-state index contributed by atoms with van der Waals surface area (Å²) in [4.78, 5) is 16.4. The molecule has 0 unspecified atom stereocenters. The first-order valence-electron chi connectivity index (χ1n) is 10.4. The normalized spacial score (nSPS) is 17.0. The minimum absolute atomic E-state index is 0.0395. The number of hydrogen-bond donors (Lipinski definition) is 1. The fraction of sp³-hybridized carbons (Fsp3) is 0.409. The fourth-order valence-electron chi connectivity index (χ4n) is 3.58. The molecule has 1 saturated carbocycles. The molecule has 2 aliphatic rings. The lowest BCUT2D eigenvalue weighted by atomic mass is 10.2. The fourth-order valence-corrected chi connectivity index (χ4v) is 4.97. The van der Waals surface area contributed by atoms with Crippen LogP contribution in [0.25, 0.3) is 0 Å². The number of anilines is 1. The predicted molar refractivity (Wildman–Crippen MR) is 115 cm³/mol. The Morgan fingerprint density at radius 1 is 1.13 bits per heavy atom. The van der Waals surface area contributed by atoms with E-state index in [4.69, 9.17) is 4.74 Å². The van der Waals surface area contributed by atoms with Crippen LogP contribution in [0.2, 0.25) is 0 Å². The Balaban J connectivity index is 1.30. The molecule has 2 aromatic carbocycles. The summed E-state index contributed by atoms with van der Waals surface area (Å²) in [5.74, 6) is 0.0577. The Bertz CT molecular complexity index is 1060. The summed E-state index contributed by atoms with van der Waals surface area (Å²) in [6, 6.07) is 11.3. The molecule has 0 bridgehead atoms. The van der Waals surface area contributed by atoms with Crippen molar-refractivity contribution in [3.63, 3.8) is 0 Å². The molecule has 2 aromatic rings. The molecule has 0 spiro atoms. The van der Waals surface area contributed by atoms with E-state index in [0.717, 1.165) is 12.8 Å². The Labute approximate surface area is 181 Å². The number of hydrogen-bond acceptors (Lipinski definition) is 5. The van der Waals surface area contributed by atoms with Gasteiger partial charge < -0.3 is 14.5 Å². The van der Waals surface area contributed by atoms with Gasteiger partial charge in [0, 0.05) is 32.2 Å². The molecular formula is C22H26FN3O4S. The van der Waals surface area contributed by atoms with Crippen LogP contribution in [0.1, 0.15) is 18.4 Å². The zero-order chi connectivity index (χ0) is 22.0. The standard InChI is InChI=1S/C22H26FN3O4S/c1-16-14-18(31(28,29)24-17-6-7-17)8-9-21(16)30-15-22(27)26-12-10-25(11-13-26)20-5-3-2-4-19(20)23/h2-5,8-9,14,17,24H,6-7,10-13,15H2,1H3. The molecule has 166 valence electrons. The minimum atomic E-state index is -3.53. The van der Waals surface area contributed by atoms with Crippen LogP contribution in [0, 0.1) is 12.7 Å². The summed E-state index contributed by atoms with van der Waals surface area (Å²) in [5.41, 5.74) is 1.20. The van der Waals surface area contributed by atoms with E-state index < -0.39 is 10.0 Å². The molecule has 1 aliphatic heterocycles. The number of rotatable bonds is 7. The quantitative estimate of drug-likeness (QED) is 0.705. The maximum absolute atomic E-state index is 14.0. The van der Waals surface area contributed by atoms with Gasteiger partial charge in [-0.3, -0.25) is 4.79 Å². The third-order valence-electron chi connectivity index (χ3n) is 5.53. The molecular weight excluding hydrogens is 421 g/mol. The van der Waals surface area contributed by atoms with Crippen molar-refractivity contribution in [2.24, 2.45) is 0 Å². The average molecular weight is 448 g/mol. The lowest BCUT2D eigenvalue weighted by Gasteiger charge is -2.36. The van der Waals surface area contributed by atoms with Gasteiger partial charge in [0.25, 0.3) is 5.91 Å². The SMILES string of the molecule is Cc1cc(S(=O)(=O)NC2CC2)ccc1OCC(=O)N1CCN(c2ccccc2F)CC1. The van der Waals surface area contributed by atoms with E-state index in [9.17, 15) is 17.6 Å². The van der Waals surface area contributed by atoms with Gasteiger partial charge in [-0.1, -0.05) is 12.1 Å². The predicted octanol–water partition coefficient (Wildman–Crippen LogP) is 2.30. The monoisotopic (exact) mass is 447 g/mol. The number of piperazine rings is 1. The third-order valence-corrected chi connectivity index (χ3v) is 7.05. The van der Waals surface area contributed by atoms with Gasteiger partial charge in [0.1, 0.15) is 11.6 Å². The molecule has 0 atom stereocenters. The van der Waals surface area contributed by atoms with E-state index in [2.05, 4.69) is 4.72 Å². The van der Waals surface area contributed by atoms with Crippen LogP contribution in [0.5, 0.6) is 5.75 Å². The van der Waals surface area contributed by atoms with Crippen LogP contribution >= 0.6 is 0 Å². The van der Waals surface area contributed by atoms with Crippen molar-refractivity contribution in [3.8, 4) is 5.75 Å². The number of amides is 1.